The summed E-state index contributed by atoms with van der Waals surface area (Å²) in [4.78, 5) is 0. The van der Waals surface area contributed by atoms with Gasteiger partial charge in [-0.2, -0.15) is 5.10 Å². The standard InChI is InChI=1S/C25H25N5O/c1-25(2,3)24-17-26-28-30(24)20-13-11-18(12-14-20)21-16-22(23-10-7-15-31-23)29(27-21)19-8-5-4-6-9-19/h4-15,17,22H,16H2,1-3H3/t22-/m1/s1. The van der Waals surface area contributed by atoms with Gasteiger partial charge >= 0.3 is 0 Å². The predicted molar refractivity (Wildman–Crippen MR) is 122 cm³/mol. The van der Waals surface area contributed by atoms with Gasteiger partial charge in [0.05, 0.1) is 35.2 Å². The average molecular weight is 412 g/mol. The van der Waals surface area contributed by atoms with Gasteiger partial charge in [0.15, 0.2) is 0 Å². The Morgan fingerprint density at radius 1 is 0.903 bits per heavy atom. The molecule has 0 spiro atoms. The summed E-state index contributed by atoms with van der Waals surface area (Å²) in [5.41, 5.74) is 5.21. The van der Waals surface area contributed by atoms with Gasteiger partial charge in [0.1, 0.15) is 11.8 Å². The Morgan fingerprint density at radius 3 is 2.35 bits per heavy atom. The number of anilines is 1. The number of hydrazone groups is 1. The monoisotopic (exact) mass is 411 g/mol. The van der Waals surface area contributed by atoms with Crippen molar-refractivity contribution in [1.82, 2.24) is 15.0 Å². The molecule has 4 aromatic rings. The summed E-state index contributed by atoms with van der Waals surface area (Å²) in [6.45, 7) is 6.49. The molecular weight excluding hydrogens is 386 g/mol. The second kappa shape index (κ2) is 7.54. The van der Waals surface area contributed by atoms with E-state index < -0.39 is 0 Å². The number of rotatable bonds is 4. The zero-order valence-corrected chi connectivity index (χ0v) is 17.9. The van der Waals surface area contributed by atoms with Gasteiger partial charge in [0.2, 0.25) is 0 Å². The lowest BCUT2D eigenvalue weighted by molar-refractivity contribution is 0.465. The summed E-state index contributed by atoms with van der Waals surface area (Å²) < 4.78 is 7.64. The van der Waals surface area contributed by atoms with Crippen molar-refractivity contribution in [2.45, 2.75) is 38.6 Å². The number of hydrogen-bond donors (Lipinski definition) is 0. The van der Waals surface area contributed by atoms with Crippen LogP contribution in [0, 0.1) is 0 Å². The third-order valence-electron chi connectivity index (χ3n) is 5.57. The van der Waals surface area contributed by atoms with Crippen LogP contribution in [-0.4, -0.2) is 20.7 Å². The molecule has 1 atom stereocenters. The molecule has 6 nitrogen and oxygen atoms in total. The molecule has 156 valence electrons. The zero-order chi connectivity index (χ0) is 21.4. The van der Waals surface area contributed by atoms with Gasteiger partial charge in [-0.15, -0.1) is 5.10 Å². The lowest BCUT2D eigenvalue weighted by atomic mass is 9.92. The second-order valence-corrected chi connectivity index (χ2v) is 8.79. The molecule has 0 aliphatic carbocycles. The summed E-state index contributed by atoms with van der Waals surface area (Å²) in [6, 6.07) is 22.6. The van der Waals surface area contributed by atoms with E-state index in [4.69, 9.17) is 9.52 Å². The van der Waals surface area contributed by atoms with Gasteiger partial charge in [-0.1, -0.05) is 56.3 Å². The van der Waals surface area contributed by atoms with E-state index in [2.05, 4.69) is 72.5 Å². The van der Waals surface area contributed by atoms with Gasteiger partial charge in [-0.25, -0.2) is 4.68 Å². The number of para-hydroxylation sites is 1. The molecule has 6 heteroatoms. The molecule has 1 aliphatic rings. The fraction of sp³-hybridized carbons (Fsp3) is 0.240. The average Bonchev–Trinajstić information content (AvgIpc) is 3.54. The van der Waals surface area contributed by atoms with Crippen molar-refractivity contribution in [3.63, 3.8) is 0 Å². The fourth-order valence-corrected chi connectivity index (χ4v) is 3.94. The Labute approximate surface area is 181 Å². The lowest BCUT2D eigenvalue weighted by Crippen LogP contribution is -2.17. The van der Waals surface area contributed by atoms with Crippen LogP contribution >= 0.6 is 0 Å². The van der Waals surface area contributed by atoms with E-state index in [1.54, 1.807) is 6.26 Å². The summed E-state index contributed by atoms with van der Waals surface area (Å²) in [6.07, 6.45) is 4.33. The Balaban J connectivity index is 1.47. The Hall–Kier alpha value is -3.67. The minimum Gasteiger partial charge on any atom is -0.467 e. The van der Waals surface area contributed by atoms with Crippen LogP contribution in [0.2, 0.25) is 0 Å². The van der Waals surface area contributed by atoms with E-state index in [1.807, 2.05) is 41.2 Å². The largest absolute Gasteiger partial charge is 0.467 e. The first kappa shape index (κ1) is 19.3. The Bertz CT molecular complexity index is 1180. The smallest absolute Gasteiger partial charge is 0.128 e. The quantitative estimate of drug-likeness (QED) is 0.444. The molecule has 0 bridgehead atoms. The minimum atomic E-state index is -0.0375. The van der Waals surface area contributed by atoms with Crippen molar-refractivity contribution in [3.8, 4) is 5.69 Å². The van der Waals surface area contributed by atoms with Crippen LogP contribution in [0.1, 0.15) is 50.3 Å². The SMILES string of the molecule is CC(C)(C)c1cnnn1-c1ccc(C2=NN(c3ccccc3)[C@@H](c3ccco3)C2)cc1. The molecule has 0 fully saturated rings. The first-order chi connectivity index (χ1) is 15.0. The van der Waals surface area contributed by atoms with Crippen molar-refractivity contribution in [3.05, 3.63) is 96.2 Å². The molecule has 0 N–H and O–H groups in total. The van der Waals surface area contributed by atoms with E-state index in [-0.39, 0.29) is 11.5 Å². The maximum Gasteiger partial charge on any atom is 0.128 e. The van der Waals surface area contributed by atoms with Crippen LogP contribution in [0.3, 0.4) is 0 Å². The minimum absolute atomic E-state index is 0.0369. The predicted octanol–water partition coefficient (Wildman–Crippen LogP) is 5.51. The van der Waals surface area contributed by atoms with Crippen LogP contribution in [-0.2, 0) is 5.41 Å². The molecule has 31 heavy (non-hydrogen) atoms. The first-order valence-electron chi connectivity index (χ1n) is 10.5. The van der Waals surface area contributed by atoms with E-state index in [0.29, 0.717) is 0 Å². The zero-order valence-electron chi connectivity index (χ0n) is 17.9. The number of hydrogen-bond acceptors (Lipinski definition) is 5. The van der Waals surface area contributed by atoms with Gasteiger partial charge in [-0.05, 0) is 42.0 Å². The molecule has 0 amide bonds. The van der Waals surface area contributed by atoms with E-state index in [1.165, 1.54) is 0 Å². The Kier molecular flexibility index (Phi) is 4.70. The maximum atomic E-state index is 5.73. The first-order valence-corrected chi connectivity index (χ1v) is 10.5. The summed E-state index contributed by atoms with van der Waals surface area (Å²) in [5, 5.41) is 15.4. The highest BCUT2D eigenvalue weighted by atomic mass is 16.3. The molecular formula is C25H25N5O. The van der Waals surface area contributed by atoms with Gasteiger partial charge in [0.25, 0.3) is 0 Å². The highest BCUT2D eigenvalue weighted by Crippen LogP contribution is 2.36. The fourth-order valence-electron chi connectivity index (χ4n) is 3.94. The van der Waals surface area contributed by atoms with Crippen LogP contribution in [0.15, 0.2) is 88.7 Å². The highest BCUT2D eigenvalue weighted by molar-refractivity contribution is 6.03. The van der Waals surface area contributed by atoms with Crippen LogP contribution in [0.25, 0.3) is 5.69 Å². The third kappa shape index (κ3) is 3.65. The normalized spacial score (nSPS) is 16.5. The molecule has 0 saturated carbocycles. The van der Waals surface area contributed by atoms with E-state index in [0.717, 1.165) is 40.5 Å². The molecule has 1 aliphatic heterocycles. The lowest BCUT2D eigenvalue weighted by Gasteiger charge is -2.21. The summed E-state index contributed by atoms with van der Waals surface area (Å²) in [7, 11) is 0. The van der Waals surface area contributed by atoms with Crippen LogP contribution in [0.4, 0.5) is 5.69 Å². The van der Waals surface area contributed by atoms with Gasteiger partial charge in [-0.3, -0.25) is 5.01 Å². The van der Waals surface area contributed by atoms with E-state index in [9.17, 15) is 0 Å². The summed E-state index contributed by atoms with van der Waals surface area (Å²) >= 11 is 0. The second-order valence-electron chi connectivity index (χ2n) is 8.79. The van der Waals surface area contributed by atoms with Gasteiger partial charge < -0.3 is 4.42 Å². The van der Waals surface area contributed by atoms with E-state index >= 15 is 0 Å². The topological polar surface area (TPSA) is 59.5 Å². The maximum absolute atomic E-state index is 5.73. The van der Waals surface area contributed by atoms with Crippen molar-refractivity contribution in [1.29, 1.82) is 0 Å². The number of aromatic nitrogens is 3. The third-order valence-corrected chi connectivity index (χ3v) is 5.57. The number of furan rings is 1. The molecule has 2 aromatic heterocycles. The molecule has 0 radical (unpaired) electrons. The molecule has 2 aromatic carbocycles. The summed E-state index contributed by atoms with van der Waals surface area (Å²) in [5.74, 6) is 0.914. The Morgan fingerprint density at radius 2 is 1.68 bits per heavy atom. The van der Waals surface area contributed by atoms with Crippen molar-refractivity contribution < 1.29 is 4.42 Å². The van der Waals surface area contributed by atoms with Crippen molar-refractivity contribution in [2.24, 2.45) is 5.10 Å². The van der Waals surface area contributed by atoms with Crippen molar-refractivity contribution >= 4 is 11.4 Å². The molecule has 5 rings (SSSR count). The van der Waals surface area contributed by atoms with Gasteiger partial charge in [0, 0.05) is 11.8 Å². The molecule has 0 unspecified atom stereocenters. The highest BCUT2D eigenvalue weighted by Gasteiger charge is 2.31. The number of nitrogens with zero attached hydrogens (tertiary/aromatic N) is 5. The van der Waals surface area contributed by atoms with Crippen molar-refractivity contribution in [2.75, 3.05) is 5.01 Å². The molecule has 0 saturated heterocycles. The number of benzene rings is 2. The molecule has 3 heterocycles. The van der Waals surface area contributed by atoms with Crippen LogP contribution in [0.5, 0.6) is 0 Å². The van der Waals surface area contributed by atoms with Crippen LogP contribution < -0.4 is 5.01 Å².